The number of aliphatic imine (C=N–C) groups is 1. The molecule has 0 bridgehead atoms. The van der Waals surface area contributed by atoms with Crippen molar-refractivity contribution in [1.29, 1.82) is 0 Å². The van der Waals surface area contributed by atoms with Gasteiger partial charge in [-0.2, -0.15) is 0 Å². The van der Waals surface area contributed by atoms with Gasteiger partial charge >= 0.3 is 0 Å². The molecule has 2 aromatic heterocycles. The second kappa shape index (κ2) is 11.4. The van der Waals surface area contributed by atoms with Gasteiger partial charge in [-0.25, -0.2) is 9.98 Å². The van der Waals surface area contributed by atoms with Crippen LogP contribution in [0, 0.1) is 13.8 Å². The van der Waals surface area contributed by atoms with Gasteiger partial charge in [0.15, 0.2) is 17.5 Å². The second-order valence-electron chi connectivity index (χ2n) is 7.01. The van der Waals surface area contributed by atoms with E-state index in [1.54, 1.807) is 11.3 Å². The summed E-state index contributed by atoms with van der Waals surface area (Å²) < 4.78 is 17.2. The average Bonchev–Trinajstić information content (AvgIpc) is 3.29. The van der Waals surface area contributed by atoms with E-state index < -0.39 is 0 Å². The molecule has 0 atom stereocenters. The zero-order chi connectivity index (χ0) is 20.8. The van der Waals surface area contributed by atoms with Gasteiger partial charge in [0.25, 0.3) is 0 Å². The molecule has 1 aromatic carbocycles. The topological polar surface area (TPSA) is 80.9 Å². The Bertz CT molecular complexity index is 985. The molecule has 0 aliphatic carbocycles. The lowest BCUT2D eigenvalue weighted by molar-refractivity contribution is 0.297. The Morgan fingerprint density at radius 2 is 2.00 bits per heavy atom. The Hall–Kier alpha value is -2.27. The lowest BCUT2D eigenvalue weighted by Gasteiger charge is -2.14. The molecule has 1 aliphatic heterocycles. The summed E-state index contributed by atoms with van der Waals surface area (Å²) in [5, 5.41) is 8.84. The third-order valence-corrected chi connectivity index (χ3v) is 5.64. The van der Waals surface area contributed by atoms with Crippen LogP contribution in [0.15, 0.2) is 45.1 Å². The molecule has 1 aliphatic rings. The number of anilines is 1. The monoisotopic (exact) mass is 554 g/mol. The summed E-state index contributed by atoms with van der Waals surface area (Å²) in [4.78, 5) is 10.4. The number of rotatable bonds is 6. The highest BCUT2D eigenvalue weighted by atomic mass is 127. The summed E-state index contributed by atoms with van der Waals surface area (Å²) in [5.41, 5.74) is 1.77. The van der Waals surface area contributed by atoms with E-state index in [2.05, 4.69) is 38.1 Å². The van der Waals surface area contributed by atoms with Crippen LogP contribution in [0.4, 0.5) is 5.69 Å². The van der Waals surface area contributed by atoms with E-state index in [1.807, 2.05) is 32.0 Å². The molecule has 0 spiro atoms. The van der Waals surface area contributed by atoms with E-state index in [0.717, 1.165) is 48.0 Å². The van der Waals surface area contributed by atoms with Crippen LogP contribution in [-0.2, 0) is 13.0 Å². The fraction of sp³-hybridized carbons (Fsp3) is 0.364. The van der Waals surface area contributed by atoms with Crippen molar-refractivity contribution in [2.75, 3.05) is 25.1 Å². The number of ether oxygens (including phenoxy) is 2. The first kappa shape index (κ1) is 23.4. The Morgan fingerprint density at radius 1 is 1.16 bits per heavy atom. The summed E-state index contributed by atoms with van der Waals surface area (Å²) in [6.45, 7) is 6.28. The van der Waals surface area contributed by atoms with Crippen molar-refractivity contribution in [3.8, 4) is 11.5 Å². The fourth-order valence-corrected chi connectivity index (χ4v) is 3.74. The highest BCUT2D eigenvalue weighted by Gasteiger charge is 2.12. The van der Waals surface area contributed by atoms with E-state index in [0.29, 0.717) is 31.6 Å². The molecule has 0 unspecified atom stereocenters. The summed E-state index contributed by atoms with van der Waals surface area (Å²) >= 11 is 1.75. The molecule has 2 N–H and O–H groups in total. The molecule has 31 heavy (non-hydrogen) atoms. The van der Waals surface area contributed by atoms with Crippen molar-refractivity contribution in [1.82, 2.24) is 10.3 Å². The molecule has 0 saturated carbocycles. The molecule has 3 heterocycles. The van der Waals surface area contributed by atoms with Crippen molar-refractivity contribution < 1.29 is 13.9 Å². The fourth-order valence-electron chi connectivity index (χ4n) is 3.03. The molecule has 9 heteroatoms. The van der Waals surface area contributed by atoms with E-state index in [-0.39, 0.29) is 24.0 Å². The molecule has 166 valence electrons. The minimum Gasteiger partial charge on any atom is -0.490 e. The number of hydrogen-bond acceptors (Lipinski definition) is 6. The number of thiophene rings is 1. The van der Waals surface area contributed by atoms with Crippen LogP contribution in [-0.4, -0.2) is 30.7 Å². The van der Waals surface area contributed by atoms with Gasteiger partial charge in [0.2, 0.25) is 5.89 Å². The number of halogens is 1. The van der Waals surface area contributed by atoms with E-state index in [1.165, 1.54) is 4.88 Å². The number of benzene rings is 1. The number of guanidine groups is 1. The minimum atomic E-state index is 0. The normalized spacial score (nSPS) is 13.3. The molecule has 3 aromatic rings. The zero-order valence-electron chi connectivity index (χ0n) is 17.6. The van der Waals surface area contributed by atoms with Gasteiger partial charge in [0.05, 0.1) is 18.9 Å². The van der Waals surface area contributed by atoms with Crippen LogP contribution in [0.5, 0.6) is 11.5 Å². The molecule has 0 saturated heterocycles. The van der Waals surface area contributed by atoms with Crippen molar-refractivity contribution in [3.05, 3.63) is 57.9 Å². The average molecular weight is 554 g/mol. The van der Waals surface area contributed by atoms with Gasteiger partial charge in [-0.05, 0) is 43.8 Å². The first-order valence-corrected chi connectivity index (χ1v) is 11.0. The van der Waals surface area contributed by atoms with Crippen LogP contribution >= 0.6 is 35.3 Å². The SMILES string of the molecule is Cc1nc(CN=C(NCCc2cccs2)Nc2ccc3c(c2)OCCCO3)oc1C.I. The van der Waals surface area contributed by atoms with Crippen LogP contribution < -0.4 is 20.1 Å². The summed E-state index contributed by atoms with van der Waals surface area (Å²) in [6.07, 6.45) is 1.81. The predicted octanol–water partition coefficient (Wildman–Crippen LogP) is 4.93. The predicted molar refractivity (Wildman–Crippen MR) is 134 cm³/mol. The minimum absolute atomic E-state index is 0. The third-order valence-electron chi connectivity index (χ3n) is 4.70. The number of hydrogen-bond donors (Lipinski definition) is 2. The quantitative estimate of drug-likeness (QED) is 0.256. The van der Waals surface area contributed by atoms with Crippen molar-refractivity contribution in [3.63, 3.8) is 0 Å². The molecular formula is C22H27IN4O3S. The van der Waals surface area contributed by atoms with Gasteiger partial charge in [-0.3, -0.25) is 0 Å². The van der Waals surface area contributed by atoms with Crippen LogP contribution in [0.1, 0.15) is 28.6 Å². The molecule has 4 rings (SSSR count). The second-order valence-corrected chi connectivity index (χ2v) is 8.04. The van der Waals surface area contributed by atoms with Crippen molar-refractivity contribution in [2.45, 2.75) is 33.2 Å². The maximum absolute atomic E-state index is 5.80. The third kappa shape index (κ3) is 6.60. The van der Waals surface area contributed by atoms with E-state index >= 15 is 0 Å². The van der Waals surface area contributed by atoms with E-state index in [9.17, 15) is 0 Å². The summed E-state index contributed by atoms with van der Waals surface area (Å²) in [5.74, 6) is 3.60. The lowest BCUT2D eigenvalue weighted by Crippen LogP contribution is -2.32. The molecule has 0 fully saturated rings. The van der Waals surface area contributed by atoms with Crippen LogP contribution in [0.2, 0.25) is 0 Å². The molecule has 0 amide bonds. The lowest BCUT2D eigenvalue weighted by atomic mass is 10.2. The molecule has 0 radical (unpaired) electrons. The zero-order valence-corrected chi connectivity index (χ0v) is 20.8. The smallest absolute Gasteiger partial charge is 0.216 e. The van der Waals surface area contributed by atoms with Crippen molar-refractivity contribution in [2.24, 2.45) is 4.99 Å². The summed E-state index contributed by atoms with van der Waals surface area (Å²) in [6, 6.07) is 10.0. The van der Waals surface area contributed by atoms with Crippen molar-refractivity contribution >= 4 is 47.0 Å². The maximum Gasteiger partial charge on any atom is 0.216 e. The summed E-state index contributed by atoms with van der Waals surface area (Å²) in [7, 11) is 0. The van der Waals surface area contributed by atoms with Gasteiger partial charge in [-0.1, -0.05) is 6.07 Å². The molecule has 7 nitrogen and oxygen atoms in total. The number of fused-ring (bicyclic) bond motifs is 1. The molecular weight excluding hydrogens is 527 g/mol. The van der Waals surface area contributed by atoms with Gasteiger partial charge < -0.3 is 24.5 Å². The van der Waals surface area contributed by atoms with Gasteiger partial charge in [-0.15, -0.1) is 35.3 Å². The first-order chi connectivity index (χ1) is 14.7. The Labute approximate surface area is 203 Å². The van der Waals surface area contributed by atoms with E-state index in [4.69, 9.17) is 13.9 Å². The number of aromatic nitrogens is 1. The Morgan fingerprint density at radius 3 is 2.74 bits per heavy atom. The largest absolute Gasteiger partial charge is 0.490 e. The number of oxazole rings is 1. The Balaban J connectivity index is 0.00000272. The number of nitrogens with one attached hydrogen (secondary N) is 2. The highest BCUT2D eigenvalue weighted by Crippen LogP contribution is 2.32. The van der Waals surface area contributed by atoms with Crippen LogP contribution in [0.3, 0.4) is 0 Å². The van der Waals surface area contributed by atoms with Crippen LogP contribution in [0.25, 0.3) is 0 Å². The first-order valence-electron chi connectivity index (χ1n) is 10.1. The standard InChI is InChI=1S/C22H26N4O3S.HI/c1-15-16(2)29-21(25-15)14-24-22(23-9-8-18-5-3-12-30-18)26-17-6-7-19-20(13-17)28-11-4-10-27-19;/h3,5-7,12-13H,4,8-11,14H2,1-2H3,(H2,23,24,26);1H. The maximum atomic E-state index is 5.80. The van der Waals surface area contributed by atoms with Gasteiger partial charge in [0, 0.05) is 29.6 Å². The number of aryl methyl sites for hydroxylation is 2. The highest BCUT2D eigenvalue weighted by molar-refractivity contribution is 14.0. The Kier molecular flexibility index (Phi) is 8.59. The number of nitrogens with zero attached hydrogens (tertiary/aromatic N) is 2. The van der Waals surface area contributed by atoms with Gasteiger partial charge in [0.1, 0.15) is 12.3 Å².